The van der Waals surface area contributed by atoms with Crippen LogP contribution in [0.25, 0.3) is 11.1 Å². The molecule has 2 aromatic carbocycles. The van der Waals surface area contributed by atoms with Crippen molar-refractivity contribution < 1.29 is 4.74 Å². The number of anilines is 1. The van der Waals surface area contributed by atoms with Crippen LogP contribution in [0.2, 0.25) is 5.02 Å². The Bertz CT molecular complexity index is 642. The standard InChI is InChI=1S/C16H17ClN2O/c1-10-4-2-3-5-13(10)14-6-11(17)7-15-16(14)19-12(8-18)9-20-15/h2-7,12,19H,8-9,18H2,1H3. The second-order valence-electron chi connectivity index (χ2n) is 5.03. The molecule has 20 heavy (non-hydrogen) atoms. The van der Waals surface area contributed by atoms with E-state index in [1.165, 1.54) is 5.56 Å². The molecular formula is C16H17ClN2O. The van der Waals surface area contributed by atoms with Gasteiger partial charge in [-0.1, -0.05) is 35.9 Å². The van der Waals surface area contributed by atoms with E-state index in [1.54, 1.807) is 0 Å². The average molecular weight is 289 g/mol. The van der Waals surface area contributed by atoms with Crippen LogP contribution in [0.15, 0.2) is 36.4 Å². The SMILES string of the molecule is Cc1ccccc1-c1cc(Cl)cc2c1NC(CN)CO2. The first-order chi connectivity index (χ1) is 9.69. The molecule has 0 bridgehead atoms. The number of nitrogens with one attached hydrogen (secondary N) is 1. The van der Waals surface area contributed by atoms with E-state index >= 15 is 0 Å². The lowest BCUT2D eigenvalue weighted by Crippen LogP contribution is -2.37. The van der Waals surface area contributed by atoms with Gasteiger partial charge in [-0.05, 0) is 24.1 Å². The second-order valence-corrected chi connectivity index (χ2v) is 5.47. The van der Waals surface area contributed by atoms with Crippen molar-refractivity contribution in [3.63, 3.8) is 0 Å². The van der Waals surface area contributed by atoms with Gasteiger partial charge < -0.3 is 15.8 Å². The van der Waals surface area contributed by atoms with Crippen LogP contribution in [-0.4, -0.2) is 19.2 Å². The molecule has 0 aliphatic carbocycles. The van der Waals surface area contributed by atoms with Gasteiger partial charge in [-0.3, -0.25) is 0 Å². The maximum atomic E-state index is 6.22. The molecule has 1 atom stereocenters. The molecule has 1 aliphatic rings. The van der Waals surface area contributed by atoms with Crippen molar-refractivity contribution in [1.82, 2.24) is 0 Å². The quantitative estimate of drug-likeness (QED) is 0.890. The van der Waals surface area contributed by atoms with Crippen molar-refractivity contribution in [2.45, 2.75) is 13.0 Å². The number of ether oxygens (including phenoxy) is 1. The summed E-state index contributed by atoms with van der Waals surface area (Å²) in [5.74, 6) is 0.792. The highest BCUT2D eigenvalue weighted by atomic mass is 35.5. The summed E-state index contributed by atoms with van der Waals surface area (Å²) in [7, 11) is 0. The molecule has 104 valence electrons. The topological polar surface area (TPSA) is 47.3 Å². The van der Waals surface area contributed by atoms with Gasteiger partial charge in [-0.25, -0.2) is 0 Å². The Morgan fingerprint density at radius 3 is 2.85 bits per heavy atom. The smallest absolute Gasteiger partial charge is 0.144 e. The van der Waals surface area contributed by atoms with Crippen LogP contribution < -0.4 is 15.8 Å². The predicted octanol–water partition coefficient (Wildman–Crippen LogP) is 3.45. The Morgan fingerprint density at radius 2 is 2.10 bits per heavy atom. The average Bonchev–Trinajstić information content (AvgIpc) is 2.46. The summed E-state index contributed by atoms with van der Waals surface area (Å²) in [6.45, 7) is 3.19. The fraction of sp³-hybridized carbons (Fsp3) is 0.250. The molecule has 3 nitrogen and oxygen atoms in total. The summed E-state index contributed by atoms with van der Waals surface area (Å²) < 4.78 is 5.78. The molecule has 0 amide bonds. The van der Waals surface area contributed by atoms with Crippen LogP contribution in [0.5, 0.6) is 5.75 Å². The Morgan fingerprint density at radius 1 is 1.30 bits per heavy atom. The third kappa shape index (κ3) is 2.35. The monoisotopic (exact) mass is 288 g/mol. The molecule has 3 N–H and O–H groups in total. The van der Waals surface area contributed by atoms with Crippen molar-refractivity contribution in [3.8, 4) is 16.9 Å². The van der Waals surface area contributed by atoms with Crippen molar-refractivity contribution in [3.05, 3.63) is 47.0 Å². The maximum Gasteiger partial charge on any atom is 0.144 e. The Kier molecular flexibility index (Phi) is 3.55. The predicted molar refractivity (Wildman–Crippen MR) is 83.6 cm³/mol. The molecule has 2 aromatic rings. The summed E-state index contributed by atoms with van der Waals surface area (Å²) in [6, 6.07) is 12.2. The molecule has 1 unspecified atom stereocenters. The van der Waals surface area contributed by atoms with Gasteiger partial charge in [0.2, 0.25) is 0 Å². The van der Waals surface area contributed by atoms with Gasteiger partial charge in [-0.15, -0.1) is 0 Å². The molecule has 0 aromatic heterocycles. The molecule has 0 saturated carbocycles. The second kappa shape index (κ2) is 5.35. The summed E-state index contributed by atoms with van der Waals surface area (Å²) in [6.07, 6.45) is 0. The van der Waals surface area contributed by atoms with Crippen molar-refractivity contribution in [2.75, 3.05) is 18.5 Å². The zero-order valence-corrected chi connectivity index (χ0v) is 12.1. The van der Waals surface area contributed by atoms with Gasteiger partial charge >= 0.3 is 0 Å². The molecule has 0 spiro atoms. The summed E-state index contributed by atoms with van der Waals surface area (Å²) in [5, 5.41) is 4.14. The lowest BCUT2D eigenvalue weighted by molar-refractivity contribution is 0.287. The van der Waals surface area contributed by atoms with Gasteiger partial charge in [0.1, 0.15) is 12.4 Å². The Hall–Kier alpha value is -1.71. The largest absolute Gasteiger partial charge is 0.489 e. The number of fused-ring (bicyclic) bond motifs is 1. The minimum absolute atomic E-state index is 0.131. The normalized spacial score (nSPS) is 17.1. The molecule has 3 rings (SSSR count). The lowest BCUT2D eigenvalue weighted by Gasteiger charge is -2.29. The highest BCUT2D eigenvalue weighted by Crippen LogP contribution is 2.41. The van der Waals surface area contributed by atoms with Crippen LogP contribution in [0.4, 0.5) is 5.69 Å². The van der Waals surface area contributed by atoms with Crippen molar-refractivity contribution in [1.29, 1.82) is 0 Å². The zero-order valence-electron chi connectivity index (χ0n) is 11.3. The third-order valence-corrected chi connectivity index (χ3v) is 3.79. The van der Waals surface area contributed by atoms with Crippen molar-refractivity contribution >= 4 is 17.3 Å². The highest BCUT2D eigenvalue weighted by Gasteiger charge is 2.22. The number of halogens is 1. The van der Waals surface area contributed by atoms with Gasteiger partial charge in [0.15, 0.2) is 0 Å². The van der Waals surface area contributed by atoms with Gasteiger partial charge in [0.25, 0.3) is 0 Å². The van der Waals surface area contributed by atoms with E-state index in [1.807, 2.05) is 24.3 Å². The van der Waals surface area contributed by atoms with E-state index in [-0.39, 0.29) is 6.04 Å². The van der Waals surface area contributed by atoms with Gasteiger partial charge in [0, 0.05) is 23.2 Å². The molecule has 4 heteroatoms. The minimum atomic E-state index is 0.131. The lowest BCUT2D eigenvalue weighted by atomic mass is 9.97. The fourth-order valence-electron chi connectivity index (χ4n) is 2.50. The summed E-state index contributed by atoms with van der Waals surface area (Å²) >= 11 is 6.22. The molecule has 0 saturated heterocycles. The highest BCUT2D eigenvalue weighted by molar-refractivity contribution is 6.31. The maximum absolute atomic E-state index is 6.22. The van der Waals surface area contributed by atoms with Crippen LogP contribution in [0.1, 0.15) is 5.56 Å². The molecule has 1 aliphatic heterocycles. The number of benzene rings is 2. The van der Waals surface area contributed by atoms with Gasteiger partial charge in [-0.2, -0.15) is 0 Å². The van der Waals surface area contributed by atoms with Gasteiger partial charge in [0.05, 0.1) is 11.7 Å². The number of aryl methyl sites for hydroxylation is 1. The summed E-state index contributed by atoms with van der Waals surface area (Å²) in [5.41, 5.74) is 10.1. The molecule has 0 fully saturated rings. The van der Waals surface area contributed by atoms with Crippen LogP contribution in [0.3, 0.4) is 0 Å². The fourth-order valence-corrected chi connectivity index (χ4v) is 2.70. The number of hydrogen-bond acceptors (Lipinski definition) is 3. The molecular weight excluding hydrogens is 272 g/mol. The minimum Gasteiger partial charge on any atom is -0.489 e. The van der Waals surface area contributed by atoms with E-state index < -0.39 is 0 Å². The van der Waals surface area contributed by atoms with Crippen LogP contribution in [-0.2, 0) is 0 Å². The number of rotatable bonds is 2. The third-order valence-electron chi connectivity index (χ3n) is 3.58. The van der Waals surface area contributed by atoms with Crippen LogP contribution in [0, 0.1) is 6.92 Å². The molecule has 0 radical (unpaired) electrons. The van der Waals surface area contributed by atoms with Crippen molar-refractivity contribution in [2.24, 2.45) is 5.73 Å². The Labute approximate surface area is 123 Å². The summed E-state index contributed by atoms with van der Waals surface area (Å²) in [4.78, 5) is 0. The van der Waals surface area contributed by atoms with E-state index in [9.17, 15) is 0 Å². The van der Waals surface area contributed by atoms with E-state index in [0.29, 0.717) is 18.2 Å². The zero-order chi connectivity index (χ0) is 14.1. The van der Waals surface area contributed by atoms with E-state index in [4.69, 9.17) is 22.1 Å². The number of hydrogen-bond donors (Lipinski definition) is 2. The first-order valence-corrected chi connectivity index (χ1v) is 7.06. The molecule has 1 heterocycles. The van der Waals surface area contributed by atoms with E-state index in [0.717, 1.165) is 22.6 Å². The van der Waals surface area contributed by atoms with E-state index in [2.05, 4.69) is 24.4 Å². The van der Waals surface area contributed by atoms with Crippen LogP contribution >= 0.6 is 11.6 Å². The first-order valence-electron chi connectivity index (χ1n) is 6.68. The number of nitrogens with two attached hydrogens (primary N) is 1. The Balaban J connectivity index is 2.16. The first kappa shape index (κ1) is 13.3.